The normalized spacial score (nSPS) is 22.2. The van der Waals surface area contributed by atoms with Crippen LogP contribution in [0.2, 0.25) is 0 Å². The second-order valence-corrected chi connectivity index (χ2v) is 12.8. The molecule has 0 saturated heterocycles. The Kier molecular flexibility index (Phi) is 13.5. The third-order valence-corrected chi connectivity index (χ3v) is 9.86. The van der Waals surface area contributed by atoms with E-state index < -0.39 is 11.8 Å². The molecule has 4 rings (SSSR count). The lowest BCUT2D eigenvalue weighted by Gasteiger charge is -2.33. The highest BCUT2D eigenvalue weighted by molar-refractivity contribution is 5.88. The quantitative estimate of drug-likeness (QED) is 0.215. The number of methoxy groups -OCH3 is 6. The van der Waals surface area contributed by atoms with Gasteiger partial charge in [0.05, 0.1) is 52.5 Å². The van der Waals surface area contributed by atoms with Crippen molar-refractivity contribution in [2.24, 2.45) is 11.8 Å². The van der Waals surface area contributed by atoms with Gasteiger partial charge in [-0.15, -0.1) is 0 Å². The number of amides is 2. The van der Waals surface area contributed by atoms with E-state index in [2.05, 4.69) is 10.6 Å². The molecule has 0 radical (unpaired) electrons. The van der Waals surface area contributed by atoms with Crippen molar-refractivity contribution in [3.8, 4) is 34.5 Å². The average molecular weight is 673 g/mol. The van der Waals surface area contributed by atoms with Crippen molar-refractivity contribution in [1.82, 2.24) is 10.6 Å². The third kappa shape index (κ3) is 9.16. The van der Waals surface area contributed by atoms with Crippen LogP contribution < -0.4 is 29.6 Å². The SMILES string of the molecule is COc1cc(C[C@H](C(=O)NC2CCC(OC)CC2)[C@@H](Cc2cc(OC)c(O)c(OC)c2)C(=O)NC2CCC(OC)CC2)cc(OC)c1O. The zero-order valence-corrected chi connectivity index (χ0v) is 29.0. The van der Waals surface area contributed by atoms with Crippen molar-refractivity contribution < 1.29 is 48.2 Å². The fourth-order valence-corrected chi connectivity index (χ4v) is 6.98. The molecule has 2 aromatic rings. The summed E-state index contributed by atoms with van der Waals surface area (Å²) in [4.78, 5) is 28.8. The summed E-state index contributed by atoms with van der Waals surface area (Å²) in [5, 5.41) is 27.7. The second-order valence-electron chi connectivity index (χ2n) is 12.8. The van der Waals surface area contributed by atoms with Crippen LogP contribution >= 0.6 is 0 Å². The number of hydrogen-bond donors (Lipinski definition) is 4. The van der Waals surface area contributed by atoms with E-state index in [1.165, 1.54) is 28.4 Å². The summed E-state index contributed by atoms with van der Waals surface area (Å²) >= 11 is 0. The van der Waals surface area contributed by atoms with Crippen LogP contribution in [-0.2, 0) is 31.9 Å². The summed E-state index contributed by atoms with van der Waals surface area (Å²) in [5.74, 6) is -1.65. The molecule has 48 heavy (non-hydrogen) atoms. The molecule has 0 spiro atoms. The Hall–Kier alpha value is -3.90. The van der Waals surface area contributed by atoms with Crippen LogP contribution in [-0.4, -0.2) is 89.0 Å². The number of benzene rings is 2. The number of phenolic OH excluding ortho intramolecular Hbond substituents is 2. The lowest BCUT2D eigenvalue weighted by Crippen LogP contribution is -2.50. The molecule has 0 heterocycles. The molecule has 2 atom stereocenters. The van der Waals surface area contributed by atoms with Gasteiger partial charge in [-0.05, 0) is 99.6 Å². The van der Waals surface area contributed by atoms with Gasteiger partial charge in [0, 0.05) is 26.3 Å². The van der Waals surface area contributed by atoms with Crippen LogP contribution in [0.15, 0.2) is 24.3 Å². The van der Waals surface area contributed by atoms with E-state index in [9.17, 15) is 19.8 Å². The van der Waals surface area contributed by atoms with Crippen LogP contribution in [0.4, 0.5) is 0 Å². The van der Waals surface area contributed by atoms with Crippen molar-refractivity contribution in [3.63, 3.8) is 0 Å². The molecule has 0 bridgehead atoms. The summed E-state index contributed by atoms with van der Waals surface area (Å²) in [6.45, 7) is 0. The number of aromatic hydroxyl groups is 2. The first-order valence-electron chi connectivity index (χ1n) is 16.7. The van der Waals surface area contributed by atoms with Gasteiger partial charge < -0.3 is 49.3 Å². The minimum absolute atomic E-state index is 0.0582. The van der Waals surface area contributed by atoms with Gasteiger partial charge >= 0.3 is 0 Å². The van der Waals surface area contributed by atoms with E-state index in [0.717, 1.165) is 51.4 Å². The monoisotopic (exact) mass is 672 g/mol. The molecule has 0 aromatic heterocycles. The van der Waals surface area contributed by atoms with Crippen LogP contribution in [0.25, 0.3) is 0 Å². The Balaban J connectivity index is 1.74. The molecule has 2 aliphatic carbocycles. The van der Waals surface area contributed by atoms with E-state index >= 15 is 0 Å². The summed E-state index contributed by atoms with van der Waals surface area (Å²) < 4.78 is 32.7. The summed E-state index contributed by atoms with van der Waals surface area (Å²) in [6.07, 6.45) is 7.05. The maximum Gasteiger partial charge on any atom is 0.224 e. The van der Waals surface area contributed by atoms with Gasteiger partial charge in [0.15, 0.2) is 23.0 Å². The lowest BCUT2D eigenvalue weighted by molar-refractivity contribution is -0.136. The van der Waals surface area contributed by atoms with Gasteiger partial charge in [0.1, 0.15) is 0 Å². The highest BCUT2D eigenvalue weighted by Gasteiger charge is 2.37. The average Bonchev–Trinajstić information content (AvgIpc) is 3.11. The van der Waals surface area contributed by atoms with Crippen molar-refractivity contribution in [3.05, 3.63) is 35.4 Å². The highest BCUT2D eigenvalue weighted by Crippen LogP contribution is 2.40. The van der Waals surface area contributed by atoms with Gasteiger partial charge in [-0.2, -0.15) is 0 Å². The van der Waals surface area contributed by atoms with Gasteiger partial charge in [-0.3, -0.25) is 9.59 Å². The Labute approximate surface area is 283 Å². The first-order chi connectivity index (χ1) is 23.1. The number of nitrogens with one attached hydrogen (secondary N) is 2. The predicted molar refractivity (Wildman–Crippen MR) is 179 cm³/mol. The number of rotatable bonds is 15. The lowest BCUT2D eigenvalue weighted by atomic mass is 9.80. The molecule has 2 fully saturated rings. The molecule has 0 aliphatic heterocycles. The zero-order valence-electron chi connectivity index (χ0n) is 29.0. The van der Waals surface area contributed by atoms with Gasteiger partial charge in [0.2, 0.25) is 23.3 Å². The van der Waals surface area contributed by atoms with Crippen LogP contribution in [0, 0.1) is 11.8 Å². The molecule has 2 saturated carbocycles. The second kappa shape index (κ2) is 17.5. The first-order valence-corrected chi connectivity index (χ1v) is 16.7. The van der Waals surface area contributed by atoms with Crippen LogP contribution in [0.5, 0.6) is 34.5 Å². The fraction of sp³-hybridized carbons (Fsp3) is 0.611. The van der Waals surface area contributed by atoms with Crippen molar-refractivity contribution in [1.29, 1.82) is 0 Å². The van der Waals surface area contributed by atoms with Crippen molar-refractivity contribution >= 4 is 11.8 Å². The minimum atomic E-state index is -0.829. The molecular formula is C36H52N2O10. The van der Waals surface area contributed by atoms with Crippen LogP contribution in [0.1, 0.15) is 62.5 Å². The maximum atomic E-state index is 14.4. The van der Waals surface area contributed by atoms with Crippen molar-refractivity contribution in [2.75, 3.05) is 42.7 Å². The maximum absolute atomic E-state index is 14.4. The zero-order chi connectivity index (χ0) is 34.8. The molecular weight excluding hydrogens is 620 g/mol. The largest absolute Gasteiger partial charge is 0.502 e. The van der Waals surface area contributed by atoms with E-state index in [4.69, 9.17) is 28.4 Å². The Morgan fingerprint density at radius 2 is 0.875 bits per heavy atom. The van der Waals surface area contributed by atoms with Crippen molar-refractivity contribution in [2.45, 2.75) is 88.5 Å². The molecule has 2 aromatic carbocycles. The molecule has 12 heteroatoms. The molecule has 2 aliphatic rings. The third-order valence-electron chi connectivity index (χ3n) is 9.86. The molecule has 4 N–H and O–H groups in total. The van der Waals surface area contributed by atoms with E-state index in [-0.39, 0.29) is 83.4 Å². The van der Waals surface area contributed by atoms with Gasteiger partial charge in [-0.25, -0.2) is 0 Å². The molecule has 12 nitrogen and oxygen atoms in total. The smallest absolute Gasteiger partial charge is 0.224 e. The Morgan fingerprint density at radius 3 is 1.12 bits per heavy atom. The number of carbonyl (C=O) groups is 2. The molecule has 266 valence electrons. The summed E-state index contributed by atoms with van der Waals surface area (Å²) in [7, 11) is 9.19. The molecule has 2 amide bonds. The number of carbonyl (C=O) groups excluding carboxylic acids is 2. The topological polar surface area (TPSA) is 154 Å². The fourth-order valence-electron chi connectivity index (χ4n) is 6.98. The number of hydrogen-bond acceptors (Lipinski definition) is 10. The van der Waals surface area contributed by atoms with E-state index in [1.807, 2.05) is 0 Å². The van der Waals surface area contributed by atoms with Gasteiger partial charge in [0.25, 0.3) is 0 Å². The molecule has 0 unspecified atom stereocenters. The van der Waals surface area contributed by atoms with Gasteiger partial charge in [-0.1, -0.05) is 0 Å². The standard InChI is InChI=1S/C36H52N2O10/c1-43-25-11-7-23(8-12-25)37-35(41)27(15-21-17-29(45-3)33(39)30(18-21)46-4)28(36(42)38-24-9-13-26(44-2)14-10-24)16-22-19-31(47-5)34(40)32(20-22)48-6/h17-20,23-28,39-40H,7-16H2,1-6H3,(H,37,41)(H,38,42)/t23?,24?,25?,26?,27-,28+. The first kappa shape index (κ1) is 36.9. The summed E-state index contributed by atoms with van der Waals surface area (Å²) in [6, 6.07) is 6.53. The number of phenols is 2. The Morgan fingerprint density at radius 1 is 0.583 bits per heavy atom. The number of ether oxygens (including phenoxy) is 6. The van der Waals surface area contributed by atoms with E-state index in [0.29, 0.717) is 11.1 Å². The Bertz CT molecular complexity index is 1220. The summed E-state index contributed by atoms with van der Waals surface area (Å²) in [5.41, 5.74) is 1.31. The predicted octanol–water partition coefficient (Wildman–Crippen LogP) is 4.30. The van der Waals surface area contributed by atoms with Crippen LogP contribution in [0.3, 0.4) is 0 Å². The highest BCUT2D eigenvalue weighted by atomic mass is 16.5. The van der Waals surface area contributed by atoms with E-state index in [1.54, 1.807) is 38.5 Å². The minimum Gasteiger partial charge on any atom is -0.502 e.